The van der Waals surface area contributed by atoms with Gasteiger partial charge in [-0.3, -0.25) is 9.78 Å². The number of fused-ring (bicyclic) bond motifs is 1. The molecule has 1 fully saturated rings. The molecule has 0 saturated carbocycles. The lowest BCUT2D eigenvalue weighted by atomic mass is 10.1. The Bertz CT molecular complexity index is 1140. The summed E-state index contributed by atoms with van der Waals surface area (Å²) in [5, 5.41) is 3.58. The van der Waals surface area contributed by atoms with Crippen LogP contribution in [-0.4, -0.2) is 43.8 Å². The maximum absolute atomic E-state index is 14.6. The monoisotopic (exact) mass is 444 g/mol. The van der Waals surface area contributed by atoms with Crippen molar-refractivity contribution in [3.05, 3.63) is 52.9 Å². The van der Waals surface area contributed by atoms with Gasteiger partial charge in [-0.1, -0.05) is 17.7 Å². The SMILES string of the molecule is CCOc1cc2ncc(C(N)=O)c(Nc3cccc(Cl)c3F)c2cc1N1CCOCC1. The van der Waals surface area contributed by atoms with Crippen molar-refractivity contribution in [2.45, 2.75) is 6.92 Å². The van der Waals surface area contributed by atoms with Crippen LogP contribution in [0.2, 0.25) is 5.02 Å². The minimum absolute atomic E-state index is 0.0309. The number of benzene rings is 2. The van der Waals surface area contributed by atoms with Gasteiger partial charge in [0.25, 0.3) is 5.91 Å². The van der Waals surface area contributed by atoms with Gasteiger partial charge >= 0.3 is 0 Å². The molecule has 0 atom stereocenters. The molecule has 4 rings (SSSR count). The number of primary amides is 1. The van der Waals surface area contributed by atoms with Crippen LogP contribution in [0.3, 0.4) is 0 Å². The van der Waals surface area contributed by atoms with Crippen LogP contribution in [0.5, 0.6) is 5.75 Å². The zero-order chi connectivity index (χ0) is 22.0. The van der Waals surface area contributed by atoms with E-state index >= 15 is 0 Å². The van der Waals surface area contributed by atoms with Crippen LogP contribution in [0.1, 0.15) is 17.3 Å². The Kier molecular flexibility index (Phi) is 6.11. The van der Waals surface area contributed by atoms with Gasteiger partial charge in [0.05, 0.1) is 53.0 Å². The summed E-state index contributed by atoms with van der Waals surface area (Å²) in [6.07, 6.45) is 1.37. The number of carbonyl (C=O) groups is 1. The van der Waals surface area contributed by atoms with Crippen LogP contribution >= 0.6 is 11.6 Å². The lowest BCUT2D eigenvalue weighted by Crippen LogP contribution is -2.36. The molecule has 0 radical (unpaired) electrons. The van der Waals surface area contributed by atoms with E-state index in [4.69, 9.17) is 26.8 Å². The molecule has 1 aromatic heterocycles. The molecule has 2 heterocycles. The molecule has 1 amide bonds. The molecule has 0 aliphatic carbocycles. The number of nitrogens with two attached hydrogens (primary N) is 1. The number of morpholine rings is 1. The molecule has 1 aliphatic heterocycles. The molecular weight excluding hydrogens is 423 g/mol. The molecule has 3 aromatic rings. The second-order valence-electron chi connectivity index (χ2n) is 7.01. The lowest BCUT2D eigenvalue weighted by molar-refractivity contribution is 0.100. The zero-order valence-electron chi connectivity index (χ0n) is 17.0. The fourth-order valence-electron chi connectivity index (χ4n) is 3.59. The summed E-state index contributed by atoms with van der Waals surface area (Å²) >= 11 is 5.93. The lowest BCUT2D eigenvalue weighted by Gasteiger charge is -2.30. The smallest absolute Gasteiger partial charge is 0.252 e. The zero-order valence-corrected chi connectivity index (χ0v) is 17.7. The number of halogens is 2. The molecule has 0 unspecified atom stereocenters. The number of aromatic nitrogens is 1. The summed E-state index contributed by atoms with van der Waals surface area (Å²) in [6.45, 7) is 4.98. The number of nitrogens with one attached hydrogen (secondary N) is 1. The van der Waals surface area contributed by atoms with Gasteiger partial charge in [-0.2, -0.15) is 0 Å². The van der Waals surface area contributed by atoms with Gasteiger partial charge in [-0.05, 0) is 25.1 Å². The normalized spacial score (nSPS) is 14.0. The van der Waals surface area contributed by atoms with E-state index in [1.807, 2.05) is 19.1 Å². The number of hydrogen-bond acceptors (Lipinski definition) is 6. The largest absolute Gasteiger partial charge is 0.492 e. The molecule has 0 spiro atoms. The molecule has 31 heavy (non-hydrogen) atoms. The summed E-state index contributed by atoms with van der Waals surface area (Å²) in [4.78, 5) is 18.7. The number of ether oxygens (including phenoxy) is 2. The topological polar surface area (TPSA) is 89.7 Å². The van der Waals surface area contributed by atoms with Crippen molar-refractivity contribution in [3.63, 3.8) is 0 Å². The maximum Gasteiger partial charge on any atom is 0.252 e. The first-order chi connectivity index (χ1) is 15.0. The van der Waals surface area contributed by atoms with Crippen LogP contribution in [-0.2, 0) is 4.74 Å². The predicted molar refractivity (Wildman–Crippen MR) is 119 cm³/mol. The van der Waals surface area contributed by atoms with E-state index in [9.17, 15) is 9.18 Å². The number of anilines is 3. The molecule has 162 valence electrons. The van der Waals surface area contributed by atoms with Crippen molar-refractivity contribution >= 4 is 45.5 Å². The Hall–Kier alpha value is -3.10. The number of nitrogens with zero attached hydrogens (tertiary/aromatic N) is 2. The minimum atomic E-state index is -0.679. The molecule has 0 bridgehead atoms. The maximum atomic E-state index is 14.6. The second kappa shape index (κ2) is 8.95. The van der Waals surface area contributed by atoms with Gasteiger partial charge in [-0.25, -0.2) is 4.39 Å². The van der Waals surface area contributed by atoms with Gasteiger partial charge < -0.3 is 25.4 Å². The summed E-state index contributed by atoms with van der Waals surface area (Å²) in [6, 6.07) is 8.31. The summed E-state index contributed by atoms with van der Waals surface area (Å²) in [7, 11) is 0. The van der Waals surface area contributed by atoms with E-state index in [-0.39, 0.29) is 16.3 Å². The Labute approximate surface area is 183 Å². The van der Waals surface area contributed by atoms with Crippen molar-refractivity contribution < 1.29 is 18.7 Å². The Morgan fingerprint density at radius 3 is 2.84 bits per heavy atom. The third-order valence-electron chi connectivity index (χ3n) is 5.08. The molecular formula is C22H22ClFN4O3. The molecule has 1 aliphatic rings. The van der Waals surface area contributed by atoms with E-state index < -0.39 is 11.7 Å². The number of amides is 1. The Morgan fingerprint density at radius 1 is 1.35 bits per heavy atom. The first-order valence-corrected chi connectivity index (χ1v) is 10.3. The average molecular weight is 445 g/mol. The second-order valence-corrected chi connectivity index (χ2v) is 7.41. The molecule has 9 heteroatoms. The minimum Gasteiger partial charge on any atom is -0.492 e. The van der Waals surface area contributed by atoms with E-state index in [1.54, 1.807) is 6.07 Å². The summed E-state index contributed by atoms with van der Waals surface area (Å²) in [5.74, 6) is -0.624. The highest BCUT2D eigenvalue weighted by Crippen LogP contribution is 2.38. The molecule has 1 saturated heterocycles. The van der Waals surface area contributed by atoms with Crippen LogP contribution in [0.15, 0.2) is 36.5 Å². The highest BCUT2D eigenvalue weighted by atomic mass is 35.5. The van der Waals surface area contributed by atoms with Crippen molar-refractivity contribution in [1.82, 2.24) is 4.98 Å². The number of hydrogen-bond donors (Lipinski definition) is 2. The van der Waals surface area contributed by atoms with Crippen LogP contribution in [0.4, 0.5) is 21.5 Å². The van der Waals surface area contributed by atoms with E-state index in [0.29, 0.717) is 55.2 Å². The molecule has 3 N–H and O–H groups in total. The fraction of sp³-hybridized carbons (Fsp3) is 0.273. The van der Waals surface area contributed by atoms with Crippen molar-refractivity contribution in [2.24, 2.45) is 5.73 Å². The molecule has 2 aromatic carbocycles. The van der Waals surface area contributed by atoms with Gasteiger partial charge in [0.2, 0.25) is 0 Å². The number of carbonyl (C=O) groups excluding carboxylic acids is 1. The fourth-order valence-corrected chi connectivity index (χ4v) is 3.76. The standard InChI is InChI=1S/C22H22ClFN4O3/c1-2-31-19-11-17-13(10-18(19)28-6-8-30-9-7-28)21(14(12-26-17)22(25)29)27-16-5-3-4-15(23)20(16)24/h3-5,10-12H,2,6-9H2,1H3,(H2,25,29)(H,26,27). The Balaban J connectivity index is 1.92. The van der Waals surface area contributed by atoms with E-state index in [0.717, 1.165) is 5.69 Å². The van der Waals surface area contributed by atoms with E-state index in [2.05, 4.69) is 15.2 Å². The van der Waals surface area contributed by atoms with E-state index in [1.165, 1.54) is 18.3 Å². The quantitative estimate of drug-likeness (QED) is 0.594. The Morgan fingerprint density at radius 2 is 2.13 bits per heavy atom. The highest BCUT2D eigenvalue weighted by molar-refractivity contribution is 6.31. The highest BCUT2D eigenvalue weighted by Gasteiger charge is 2.21. The van der Waals surface area contributed by atoms with Crippen LogP contribution in [0.25, 0.3) is 10.9 Å². The third-order valence-corrected chi connectivity index (χ3v) is 5.37. The third kappa shape index (κ3) is 4.22. The first-order valence-electron chi connectivity index (χ1n) is 9.92. The number of pyridine rings is 1. The van der Waals surface area contributed by atoms with Crippen molar-refractivity contribution in [3.8, 4) is 5.75 Å². The van der Waals surface area contributed by atoms with Gasteiger partial charge in [0.15, 0.2) is 5.82 Å². The van der Waals surface area contributed by atoms with Crippen molar-refractivity contribution in [2.75, 3.05) is 43.1 Å². The van der Waals surface area contributed by atoms with Crippen LogP contribution < -0.4 is 20.7 Å². The molecule has 7 nitrogen and oxygen atoms in total. The summed E-state index contributed by atoms with van der Waals surface area (Å²) < 4.78 is 25.9. The predicted octanol–water partition coefficient (Wildman–Crippen LogP) is 4.11. The van der Waals surface area contributed by atoms with Crippen molar-refractivity contribution in [1.29, 1.82) is 0 Å². The first kappa shape index (κ1) is 21.1. The average Bonchev–Trinajstić information content (AvgIpc) is 2.77. The van der Waals surface area contributed by atoms with Gasteiger partial charge in [-0.15, -0.1) is 0 Å². The van der Waals surface area contributed by atoms with Crippen LogP contribution in [0, 0.1) is 5.82 Å². The van der Waals surface area contributed by atoms with Gasteiger partial charge in [0.1, 0.15) is 5.75 Å². The van der Waals surface area contributed by atoms with Gasteiger partial charge in [0, 0.05) is 30.7 Å². The number of rotatable bonds is 6. The summed E-state index contributed by atoms with van der Waals surface area (Å²) in [5.41, 5.74) is 7.65.